The molecule has 2 fully saturated rings. The van der Waals surface area contributed by atoms with E-state index in [2.05, 4.69) is 60.4 Å². The summed E-state index contributed by atoms with van der Waals surface area (Å²) in [7, 11) is 1.68. The Kier molecular flexibility index (Phi) is 10.7. The highest BCUT2D eigenvalue weighted by Crippen LogP contribution is 2.32. The van der Waals surface area contributed by atoms with Gasteiger partial charge in [0.25, 0.3) is 0 Å². The number of carbonyl (C=O) groups excluding carboxylic acids is 1. The lowest BCUT2D eigenvalue weighted by Gasteiger charge is -2.26. The smallest absolute Gasteiger partial charge is 0.314 e. The van der Waals surface area contributed by atoms with Gasteiger partial charge in [-0.25, -0.2) is 0 Å². The predicted octanol–water partition coefficient (Wildman–Crippen LogP) is 6.96. The molecular formula is C36H43NO5. The number of allylic oxidation sites excluding steroid dienone is 1. The maximum absolute atomic E-state index is 12.7. The molecule has 0 radical (unpaired) electrons. The predicted molar refractivity (Wildman–Crippen MR) is 166 cm³/mol. The molecule has 0 spiro atoms. The Balaban J connectivity index is 1.33. The number of carbonyl (C=O) groups is 1. The minimum absolute atomic E-state index is 0.0234. The molecule has 1 saturated carbocycles. The first-order valence-corrected chi connectivity index (χ1v) is 15.3. The lowest BCUT2D eigenvalue weighted by molar-refractivity contribution is -0.139. The molecule has 0 aromatic heterocycles. The molecule has 0 N–H and O–H groups in total. The van der Waals surface area contributed by atoms with Gasteiger partial charge in [0.05, 0.1) is 26.2 Å². The average molecular weight is 570 g/mol. The maximum Gasteiger partial charge on any atom is 0.314 e. The maximum atomic E-state index is 12.7. The number of rotatable bonds is 11. The molecule has 2 aliphatic rings. The van der Waals surface area contributed by atoms with E-state index in [-0.39, 0.29) is 11.9 Å². The van der Waals surface area contributed by atoms with Crippen molar-refractivity contribution in [1.29, 1.82) is 0 Å². The SMILES string of the molecule is COc1ccc(C/C(C)=C(\c2ccc(OCCN3CCOCC3)cc2)c2ccc(OC(=O)C3CCCCC3)cc2)cc1. The summed E-state index contributed by atoms with van der Waals surface area (Å²) in [6.45, 7) is 7.25. The summed E-state index contributed by atoms with van der Waals surface area (Å²) in [6.07, 6.45) is 6.10. The zero-order valence-corrected chi connectivity index (χ0v) is 25.0. The van der Waals surface area contributed by atoms with Gasteiger partial charge in [-0.3, -0.25) is 9.69 Å². The van der Waals surface area contributed by atoms with E-state index in [1.54, 1.807) is 7.11 Å². The van der Waals surface area contributed by atoms with Gasteiger partial charge in [-0.1, -0.05) is 61.2 Å². The number of benzene rings is 3. The van der Waals surface area contributed by atoms with E-state index >= 15 is 0 Å². The van der Waals surface area contributed by atoms with Crippen molar-refractivity contribution in [2.45, 2.75) is 45.4 Å². The van der Waals surface area contributed by atoms with Crippen molar-refractivity contribution in [1.82, 2.24) is 4.90 Å². The van der Waals surface area contributed by atoms with Crippen molar-refractivity contribution in [3.63, 3.8) is 0 Å². The highest BCUT2D eigenvalue weighted by Gasteiger charge is 2.23. The molecule has 42 heavy (non-hydrogen) atoms. The fourth-order valence-corrected chi connectivity index (χ4v) is 5.86. The van der Waals surface area contributed by atoms with Gasteiger partial charge in [0, 0.05) is 19.6 Å². The molecule has 0 atom stereocenters. The molecule has 1 saturated heterocycles. The van der Waals surface area contributed by atoms with Gasteiger partial charge in [-0.15, -0.1) is 0 Å². The standard InChI is InChI=1S/C36H43NO5/c1-27(26-28-8-14-32(39-2)15-9-28)35(29-10-16-33(17-11-29)41-25-22-37-20-23-40-24-21-37)30-12-18-34(19-13-30)42-36(38)31-6-4-3-5-7-31/h8-19,31H,3-7,20-26H2,1-2H3/b35-27+. The number of esters is 1. The molecule has 6 heteroatoms. The number of nitrogens with zero attached hydrogens (tertiary/aromatic N) is 1. The molecule has 1 aliphatic heterocycles. The lowest BCUT2D eigenvalue weighted by Crippen LogP contribution is -2.38. The van der Waals surface area contributed by atoms with E-state index < -0.39 is 0 Å². The largest absolute Gasteiger partial charge is 0.497 e. The lowest BCUT2D eigenvalue weighted by atomic mass is 9.89. The molecule has 0 unspecified atom stereocenters. The van der Waals surface area contributed by atoms with Crippen LogP contribution in [0.25, 0.3) is 5.57 Å². The summed E-state index contributed by atoms with van der Waals surface area (Å²) in [4.78, 5) is 15.1. The quantitative estimate of drug-likeness (QED) is 0.184. The zero-order valence-electron chi connectivity index (χ0n) is 25.0. The van der Waals surface area contributed by atoms with Crippen molar-refractivity contribution in [2.75, 3.05) is 46.6 Å². The third-order valence-electron chi connectivity index (χ3n) is 8.28. The van der Waals surface area contributed by atoms with Crippen LogP contribution in [0, 0.1) is 5.92 Å². The third kappa shape index (κ3) is 8.24. The van der Waals surface area contributed by atoms with Crippen molar-refractivity contribution < 1.29 is 23.7 Å². The first-order chi connectivity index (χ1) is 20.6. The molecule has 222 valence electrons. The van der Waals surface area contributed by atoms with Crippen LogP contribution in [0.1, 0.15) is 55.7 Å². The molecule has 3 aromatic carbocycles. The Morgan fingerprint density at radius 1 is 0.810 bits per heavy atom. The summed E-state index contributed by atoms with van der Waals surface area (Å²) < 4.78 is 22.6. The molecule has 0 bridgehead atoms. The van der Waals surface area contributed by atoms with Gasteiger partial charge < -0.3 is 18.9 Å². The van der Waals surface area contributed by atoms with E-state index in [0.29, 0.717) is 12.4 Å². The minimum Gasteiger partial charge on any atom is -0.497 e. The van der Waals surface area contributed by atoms with Crippen LogP contribution in [0.3, 0.4) is 0 Å². The van der Waals surface area contributed by atoms with Crippen LogP contribution in [0.2, 0.25) is 0 Å². The van der Waals surface area contributed by atoms with Crippen LogP contribution in [0.4, 0.5) is 0 Å². The number of methoxy groups -OCH3 is 1. The first-order valence-electron chi connectivity index (χ1n) is 15.3. The summed E-state index contributed by atoms with van der Waals surface area (Å²) in [5.41, 5.74) is 5.82. The topological polar surface area (TPSA) is 57.2 Å². The Hall–Kier alpha value is -3.61. The van der Waals surface area contributed by atoms with Crippen LogP contribution in [0.15, 0.2) is 78.4 Å². The third-order valence-corrected chi connectivity index (χ3v) is 8.28. The Morgan fingerprint density at radius 2 is 1.40 bits per heavy atom. The van der Waals surface area contributed by atoms with Gasteiger partial charge in [-0.2, -0.15) is 0 Å². The minimum atomic E-state index is -0.0990. The molecule has 5 rings (SSSR count). The Bertz CT molecular complexity index is 1300. The van der Waals surface area contributed by atoms with Crippen molar-refractivity contribution in [2.24, 2.45) is 5.92 Å². The van der Waals surface area contributed by atoms with E-state index in [9.17, 15) is 4.79 Å². The molecule has 0 amide bonds. The second kappa shape index (κ2) is 15.0. The number of hydrogen-bond acceptors (Lipinski definition) is 6. The highest BCUT2D eigenvalue weighted by atomic mass is 16.5. The normalized spacial score (nSPS) is 16.9. The fourth-order valence-electron chi connectivity index (χ4n) is 5.86. The van der Waals surface area contributed by atoms with E-state index in [1.807, 2.05) is 24.3 Å². The Labute approximate surface area is 250 Å². The second-order valence-corrected chi connectivity index (χ2v) is 11.3. The molecular weight excluding hydrogens is 526 g/mol. The summed E-state index contributed by atoms with van der Waals surface area (Å²) in [5, 5.41) is 0. The van der Waals surface area contributed by atoms with Gasteiger partial charge >= 0.3 is 5.97 Å². The monoisotopic (exact) mass is 569 g/mol. The van der Waals surface area contributed by atoms with E-state index in [1.165, 1.54) is 17.6 Å². The zero-order chi connectivity index (χ0) is 29.1. The van der Waals surface area contributed by atoms with Gasteiger partial charge in [-0.05, 0) is 84.8 Å². The number of hydrogen-bond donors (Lipinski definition) is 0. The first kappa shape index (κ1) is 29.9. The molecule has 1 aliphatic carbocycles. The van der Waals surface area contributed by atoms with E-state index in [0.717, 1.165) is 93.2 Å². The van der Waals surface area contributed by atoms with Gasteiger partial charge in [0.15, 0.2) is 0 Å². The molecule has 1 heterocycles. The highest BCUT2D eigenvalue weighted by molar-refractivity contribution is 5.83. The van der Waals surface area contributed by atoms with Gasteiger partial charge in [0.2, 0.25) is 0 Å². The summed E-state index contributed by atoms with van der Waals surface area (Å²) in [5.74, 6) is 2.24. The van der Waals surface area contributed by atoms with Gasteiger partial charge in [0.1, 0.15) is 23.9 Å². The second-order valence-electron chi connectivity index (χ2n) is 11.3. The fraction of sp³-hybridized carbons (Fsp3) is 0.417. The van der Waals surface area contributed by atoms with Crippen LogP contribution in [0.5, 0.6) is 17.2 Å². The average Bonchev–Trinajstić information content (AvgIpc) is 3.04. The van der Waals surface area contributed by atoms with Crippen LogP contribution >= 0.6 is 0 Å². The van der Waals surface area contributed by atoms with Crippen LogP contribution in [-0.2, 0) is 16.0 Å². The van der Waals surface area contributed by atoms with Crippen molar-refractivity contribution >= 4 is 11.5 Å². The number of ether oxygens (including phenoxy) is 4. The summed E-state index contributed by atoms with van der Waals surface area (Å²) in [6, 6.07) is 24.5. The van der Waals surface area contributed by atoms with E-state index in [4.69, 9.17) is 18.9 Å². The molecule has 6 nitrogen and oxygen atoms in total. The van der Waals surface area contributed by atoms with Crippen molar-refractivity contribution in [3.8, 4) is 17.2 Å². The van der Waals surface area contributed by atoms with Crippen LogP contribution in [-0.4, -0.2) is 57.4 Å². The number of morpholine rings is 1. The summed E-state index contributed by atoms with van der Waals surface area (Å²) >= 11 is 0. The Morgan fingerprint density at radius 3 is 2.02 bits per heavy atom. The molecule has 3 aromatic rings. The van der Waals surface area contributed by atoms with Crippen LogP contribution < -0.4 is 14.2 Å². The van der Waals surface area contributed by atoms with Crippen molar-refractivity contribution in [3.05, 3.63) is 95.1 Å².